The van der Waals surface area contributed by atoms with Crippen molar-refractivity contribution in [1.29, 1.82) is 0 Å². The van der Waals surface area contributed by atoms with Gasteiger partial charge in [-0.2, -0.15) is 0 Å². The summed E-state index contributed by atoms with van der Waals surface area (Å²) in [5.41, 5.74) is 6.09. The van der Waals surface area contributed by atoms with E-state index in [1.165, 1.54) is 6.33 Å². The number of nitrogens with zero attached hydrogens (tertiary/aromatic N) is 2. The second-order valence-corrected chi connectivity index (χ2v) is 5.12. The number of hydrogen-bond donors (Lipinski definition) is 3. The van der Waals surface area contributed by atoms with Crippen molar-refractivity contribution < 1.29 is 19.0 Å². The molecule has 1 amide bonds. The fraction of sp³-hybridized carbons (Fsp3) is 0.400. The predicted octanol–water partition coefficient (Wildman–Crippen LogP) is 0.500. The number of aromatic nitrogens is 2. The molecular formula is C15H20ClN5O4. The molecule has 2 heterocycles. The number of hydrazine groups is 1. The number of morpholine rings is 1. The third-order valence-corrected chi connectivity index (χ3v) is 3.66. The second kappa shape index (κ2) is 8.65. The zero-order chi connectivity index (χ0) is 16.9. The highest BCUT2D eigenvalue weighted by Gasteiger charge is 2.21. The lowest BCUT2D eigenvalue weighted by molar-refractivity contribution is -0.133. The summed E-state index contributed by atoms with van der Waals surface area (Å²) >= 11 is 0. The standard InChI is InChI=1S/C15H19N5O4.ClH/c1-22-11-5-9-10(6-12(11)23-2)17-8-18-14(9)19-20-15(21)13-7-16-3-4-24-13;/h5-6,8,13,16H,3-4,7H2,1-2H3,(H,20,21)(H,17,18,19);1H. The van der Waals surface area contributed by atoms with Gasteiger partial charge in [0.25, 0.3) is 5.91 Å². The number of ether oxygens (including phenoxy) is 3. The van der Waals surface area contributed by atoms with E-state index in [9.17, 15) is 4.79 Å². The van der Waals surface area contributed by atoms with Crippen LogP contribution in [0.2, 0.25) is 0 Å². The molecule has 0 spiro atoms. The molecule has 1 unspecified atom stereocenters. The smallest absolute Gasteiger partial charge is 0.268 e. The van der Waals surface area contributed by atoms with Crippen molar-refractivity contribution in [3.63, 3.8) is 0 Å². The van der Waals surface area contributed by atoms with Crippen molar-refractivity contribution in [2.45, 2.75) is 6.10 Å². The molecule has 1 fully saturated rings. The molecule has 3 rings (SSSR count). The Balaban J connectivity index is 0.00000225. The summed E-state index contributed by atoms with van der Waals surface area (Å²) in [5, 5.41) is 3.79. The maximum Gasteiger partial charge on any atom is 0.268 e. The van der Waals surface area contributed by atoms with Crippen LogP contribution in [0.15, 0.2) is 18.5 Å². The van der Waals surface area contributed by atoms with Gasteiger partial charge in [0.05, 0.1) is 26.3 Å². The first-order chi connectivity index (χ1) is 11.7. The van der Waals surface area contributed by atoms with Gasteiger partial charge < -0.3 is 19.5 Å². The fourth-order valence-corrected chi connectivity index (χ4v) is 2.42. The number of rotatable bonds is 5. The van der Waals surface area contributed by atoms with Crippen LogP contribution in [0.5, 0.6) is 11.5 Å². The number of halogens is 1. The van der Waals surface area contributed by atoms with Gasteiger partial charge in [0.15, 0.2) is 17.3 Å². The number of fused-ring (bicyclic) bond motifs is 1. The third-order valence-electron chi connectivity index (χ3n) is 3.66. The summed E-state index contributed by atoms with van der Waals surface area (Å²) < 4.78 is 16.0. The van der Waals surface area contributed by atoms with Crippen LogP contribution in [0, 0.1) is 0 Å². The van der Waals surface area contributed by atoms with E-state index < -0.39 is 6.10 Å². The molecule has 1 aromatic carbocycles. The molecule has 1 aliphatic rings. The highest BCUT2D eigenvalue weighted by atomic mass is 35.5. The maximum absolute atomic E-state index is 12.1. The molecule has 0 bridgehead atoms. The fourth-order valence-electron chi connectivity index (χ4n) is 2.42. The number of hydrogen-bond acceptors (Lipinski definition) is 8. The average molecular weight is 370 g/mol. The van der Waals surface area contributed by atoms with Crippen molar-refractivity contribution in [1.82, 2.24) is 20.7 Å². The predicted molar refractivity (Wildman–Crippen MR) is 94.3 cm³/mol. The van der Waals surface area contributed by atoms with Gasteiger partial charge in [-0.25, -0.2) is 9.97 Å². The van der Waals surface area contributed by atoms with Gasteiger partial charge in [0.1, 0.15) is 12.4 Å². The normalized spacial score (nSPS) is 16.6. The zero-order valence-electron chi connectivity index (χ0n) is 13.9. The minimum atomic E-state index is -0.533. The van der Waals surface area contributed by atoms with Crippen molar-refractivity contribution >= 4 is 35.0 Å². The second-order valence-electron chi connectivity index (χ2n) is 5.12. The molecule has 9 nitrogen and oxygen atoms in total. The quantitative estimate of drug-likeness (QED) is 0.654. The van der Waals surface area contributed by atoms with Crippen LogP contribution in [0.1, 0.15) is 0 Å². The summed E-state index contributed by atoms with van der Waals surface area (Å²) in [6, 6.07) is 3.50. The van der Waals surface area contributed by atoms with Crippen LogP contribution in [-0.2, 0) is 9.53 Å². The van der Waals surface area contributed by atoms with Crippen LogP contribution in [-0.4, -0.2) is 55.9 Å². The molecule has 0 radical (unpaired) electrons. The van der Waals surface area contributed by atoms with Gasteiger partial charge in [0, 0.05) is 24.5 Å². The van der Waals surface area contributed by atoms with Gasteiger partial charge in [-0.3, -0.25) is 15.6 Å². The minimum absolute atomic E-state index is 0. The zero-order valence-corrected chi connectivity index (χ0v) is 14.7. The number of anilines is 1. The lowest BCUT2D eigenvalue weighted by atomic mass is 10.2. The van der Waals surface area contributed by atoms with Crippen LogP contribution >= 0.6 is 12.4 Å². The summed E-state index contributed by atoms with van der Waals surface area (Å²) in [6.07, 6.45) is 0.871. The number of amides is 1. The number of carbonyl (C=O) groups is 1. The lowest BCUT2D eigenvalue weighted by Crippen LogP contribution is -2.49. The summed E-state index contributed by atoms with van der Waals surface area (Å²) in [7, 11) is 3.11. The number of nitrogens with one attached hydrogen (secondary N) is 3. The molecule has 10 heteroatoms. The van der Waals surface area contributed by atoms with E-state index >= 15 is 0 Å². The van der Waals surface area contributed by atoms with Crippen molar-refractivity contribution in [2.24, 2.45) is 0 Å². The van der Waals surface area contributed by atoms with E-state index in [0.29, 0.717) is 41.4 Å². The van der Waals surface area contributed by atoms with E-state index in [0.717, 1.165) is 6.54 Å². The molecule has 1 aromatic heterocycles. The van der Waals surface area contributed by atoms with E-state index in [1.54, 1.807) is 26.4 Å². The van der Waals surface area contributed by atoms with Crippen molar-refractivity contribution in [3.05, 3.63) is 18.5 Å². The minimum Gasteiger partial charge on any atom is -0.493 e. The SMILES string of the molecule is COc1cc2ncnc(NNC(=O)C3CNCCO3)c2cc1OC.Cl. The molecule has 136 valence electrons. The Morgan fingerprint density at radius 1 is 1.28 bits per heavy atom. The Labute approximate surface area is 150 Å². The molecule has 0 aliphatic carbocycles. The Kier molecular flexibility index (Phi) is 6.57. The molecular weight excluding hydrogens is 350 g/mol. The summed E-state index contributed by atoms with van der Waals surface area (Å²) in [4.78, 5) is 20.5. The molecule has 25 heavy (non-hydrogen) atoms. The van der Waals surface area contributed by atoms with Crippen LogP contribution in [0.3, 0.4) is 0 Å². The Morgan fingerprint density at radius 3 is 2.72 bits per heavy atom. The Hall–Kier alpha value is -2.36. The van der Waals surface area contributed by atoms with Crippen LogP contribution in [0.4, 0.5) is 5.82 Å². The number of carbonyl (C=O) groups excluding carboxylic acids is 1. The number of benzene rings is 1. The molecule has 0 saturated carbocycles. The van der Waals surface area contributed by atoms with Gasteiger partial charge in [-0.05, 0) is 6.07 Å². The van der Waals surface area contributed by atoms with Gasteiger partial charge in [-0.1, -0.05) is 0 Å². The van der Waals surface area contributed by atoms with Crippen LogP contribution < -0.4 is 25.6 Å². The van der Waals surface area contributed by atoms with E-state index in [1.807, 2.05) is 0 Å². The first-order valence-corrected chi connectivity index (χ1v) is 7.48. The summed E-state index contributed by atoms with van der Waals surface area (Å²) in [5.74, 6) is 1.31. The topological polar surface area (TPSA) is 107 Å². The maximum atomic E-state index is 12.1. The Bertz CT molecular complexity index is 739. The van der Waals surface area contributed by atoms with Crippen molar-refractivity contribution in [3.8, 4) is 11.5 Å². The average Bonchev–Trinajstić information content (AvgIpc) is 2.65. The first kappa shape index (κ1) is 19.0. The molecule has 1 aliphatic heterocycles. The largest absolute Gasteiger partial charge is 0.493 e. The molecule has 1 saturated heterocycles. The molecule has 1 atom stereocenters. The number of methoxy groups -OCH3 is 2. The summed E-state index contributed by atoms with van der Waals surface area (Å²) in [6.45, 7) is 1.73. The third kappa shape index (κ3) is 4.19. The Morgan fingerprint density at radius 2 is 2.04 bits per heavy atom. The lowest BCUT2D eigenvalue weighted by Gasteiger charge is -2.23. The van der Waals surface area contributed by atoms with Gasteiger partial charge in [0.2, 0.25) is 0 Å². The van der Waals surface area contributed by atoms with Crippen LogP contribution in [0.25, 0.3) is 10.9 Å². The van der Waals surface area contributed by atoms with E-state index in [-0.39, 0.29) is 18.3 Å². The van der Waals surface area contributed by atoms with Gasteiger partial charge >= 0.3 is 0 Å². The van der Waals surface area contributed by atoms with Gasteiger partial charge in [-0.15, -0.1) is 12.4 Å². The highest BCUT2D eigenvalue weighted by molar-refractivity contribution is 5.92. The van der Waals surface area contributed by atoms with Crippen molar-refractivity contribution in [2.75, 3.05) is 39.3 Å². The first-order valence-electron chi connectivity index (χ1n) is 7.48. The monoisotopic (exact) mass is 369 g/mol. The highest BCUT2D eigenvalue weighted by Crippen LogP contribution is 2.33. The molecule has 3 N–H and O–H groups in total. The van der Waals surface area contributed by atoms with E-state index in [4.69, 9.17) is 14.2 Å². The van der Waals surface area contributed by atoms with E-state index in [2.05, 4.69) is 26.1 Å². The molecule has 2 aromatic rings.